The van der Waals surface area contributed by atoms with Crippen LogP contribution in [-0.4, -0.2) is 99.4 Å². The Kier molecular flexibility index (Phi) is 9.42. The zero-order valence-corrected chi connectivity index (χ0v) is 22.4. The van der Waals surface area contributed by atoms with E-state index >= 15 is 0 Å². The van der Waals surface area contributed by atoms with Gasteiger partial charge in [-0.05, 0) is 43.9 Å². The van der Waals surface area contributed by atoms with Crippen LogP contribution in [0.3, 0.4) is 0 Å². The van der Waals surface area contributed by atoms with E-state index in [9.17, 15) is 25.2 Å². The summed E-state index contributed by atoms with van der Waals surface area (Å²) in [5.74, 6) is 0.980. The van der Waals surface area contributed by atoms with Gasteiger partial charge in [-0.1, -0.05) is 32.9 Å². The molecule has 0 aliphatic carbocycles. The summed E-state index contributed by atoms with van der Waals surface area (Å²) < 4.78 is 12.3. The Hall–Kier alpha value is -0.720. The summed E-state index contributed by atoms with van der Waals surface area (Å²) in [5, 5.41) is 47.7. The molecule has 6 unspecified atom stereocenters. The van der Waals surface area contributed by atoms with Crippen molar-refractivity contribution in [3.63, 3.8) is 0 Å². The lowest BCUT2D eigenvalue weighted by Crippen LogP contribution is -2.64. The summed E-state index contributed by atoms with van der Waals surface area (Å²) in [5.41, 5.74) is -0.969. The molecule has 4 rings (SSSR count). The van der Waals surface area contributed by atoms with Gasteiger partial charge in [0.05, 0.1) is 18.8 Å². The molecule has 0 radical (unpaired) electrons. The molecular formula is C26H44N2O7S. The van der Waals surface area contributed by atoms with Crippen molar-refractivity contribution in [3.8, 4) is 0 Å². The highest BCUT2D eigenvalue weighted by Gasteiger charge is 2.52. The molecule has 11 atom stereocenters. The molecule has 0 saturated carbocycles. The number of fused-ring (bicyclic) bond motifs is 3. The standard InChI is InChI=1S/C26H44N2O7S/c1-14(2)10-15-8-9-34-23-18(27-13-26(23,3)11-15)24(33)28-17-7-5-4-6-16(12-29)36-25-21(32)19(30)20(31)22(17)35-25/h4-5,14-23,25,27,29-32H,6-13H2,1-3H3,(H,28,33)/b5-4-/t15-,16+,17+,18?,19?,20?,21?,22?,23-,25?,26-/m0/s1. The van der Waals surface area contributed by atoms with Crippen LogP contribution < -0.4 is 10.6 Å². The number of ether oxygens (including phenoxy) is 2. The van der Waals surface area contributed by atoms with Gasteiger partial charge in [-0.3, -0.25) is 4.79 Å². The van der Waals surface area contributed by atoms with Crippen molar-refractivity contribution in [2.24, 2.45) is 17.3 Å². The first-order valence-corrected chi connectivity index (χ1v) is 14.3. The molecule has 0 aromatic heterocycles. The van der Waals surface area contributed by atoms with E-state index in [-0.39, 0.29) is 29.3 Å². The zero-order valence-electron chi connectivity index (χ0n) is 21.6. The van der Waals surface area contributed by atoms with Crippen LogP contribution in [0.4, 0.5) is 0 Å². The summed E-state index contributed by atoms with van der Waals surface area (Å²) in [6.45, 7) is 7.92. The first-order chi connectivity index (χ1) is 17.1. The second-order valence-corrected chi connectivity index (χ2v) is 13.1. The van der Waals surface area contributed by atoms with Crippen LogP contribution in [0.5, 0.6) is 0 Å². The number of hydrogen-bond acceptors (Lipinski definition) is 9. The van der Waals surface area contributed by atoms with Gasteiger partial charge >= 0.3 is 0 Å². The molecule has 2 bridgehead atoms. The van der Waals surface area contributed by atoms with Crippen molar-refractivity contribution < 1.29 is 34.7 Å². The van der Waals surface area contributed by atoms with Gasteiger partial charge < -0.3 is 40.5 Å². The number of carbonyl (C=O) groups excluding carboxylic acids is 1. The van der Waals surface area contributed by atoms with Crippen LogP contribution >= 0.6 is 11.8 Å². The summed E-state index contributed by atoms with van der Waals surface area (Å²) in [6.07, 6.45) is 2.72. The second-order valence-electron chi connectivity index (χ2n) is 11.7. The lowest BCUT2D eigenvalue weighted by atomic mass is 9.75. The van der Waals surface area contributed by atoms with Gasteiger partial charge in [0.25, 0.3) is 0 Å². The third kappa shape index (κ3) is 6.12. The Balaban J connectivity index is 1.49. The van der Waals surface area contributed by atoms with Gasteiger partial charge in [0.2, 0.25) is 5.91 Å². The third-order valence-corrected chi connectivity index (χ3v) is 9.58. The largest absolute Gasteiger partial charge is 0.395 e. The number of nitrogens with one attached hydrogen (secondary N) is 2. The minimum atomic E-state index is -1.42. The van der Waals surface area contributed by atoms with Gasteiger partial charge in [0.15, 0.2) is 0 Å². The Bertz CT molecular complexity index is 785. The fourth-order valence-corrected chi connectivity index (χ4v) is 7.58. The normalized spacial score (nSPS) is 46.6. The molecule has 3 fully saturated rings. The lowest BCUT2D eigenvalue weighted by molar-refractivity contribution is -0.205. The fraction of sp³-hybridized carbons (Fsp3) is 0.885. The number of hydrogen-bond donors (Lipinski definition) is 6. The highest BCUT2D eigenvalue weighted by molar-refractivity contribution is 8.00. The van der Waals surface area contributed by atoms with Crippen molar-refractivity contribution in [1.82, 2.24) is 10.6 Å². The first kappa shape index (κ1) is 28.3. The molecule has 6 N–H and O–H groups in total. The Morgan fingerprint density at radius 2 is 1.94 bits per heavy atom. The SMILES string of the molecule is CC(C)C[C@@H]1CCO[C@H]2C(C(=O)N[C@@H]3C/C=C\C[C@H](CO)SC4OC3C(O)C(O)C4O)NC[C@]2(C)C1. The van der Waals surface area contributed by atoms with Crippen molar-refractivity contribution in [1.29, 1.82) is 0 Å². The van der Waals surface area contributed by atoms with E-state index in [1.165, 1.54) is 11.8 Å². The highest BCUT2D eigenvalue weighted by Crippen LogP contribution is 2.43. The summed E-state index contributed by atoms with van der Waals surface area (Å²) in [4.78, 5) is 13.6. The predicted octanol–water partition coefficient (Wildman–Crippen LogP) is 0.542. The highest BCUT2D eigenvalue weighted by atomic mass is 32.2. The maximum atomic E-state index is 13.6. The van der Waals surface area contributed by atoms with E-state index < -0.39 is 41.9 Å². The topological polar surface area (TPSA) is 141 Å². The number of rotatable bonds is 5. The van der Waals surface area contributed by atoms with Crippen molar-refractivity contribution in [2.45, 2.75) is 106 Å². The summed E-state index contributed by atoms with van der Waals surface area (Å²) in [7, 11) is 0. The second kappa shape index (κ2) is 12.0. The van der Waals surface area contributed by atoms with E-state index in [4.69, 9.17) is 9.47 Å². The number of aliphatic hydroxyl groups is 4. The minimum absolute atomic E-state index is 0.101. The fourth-order valence-electron chi connectivity index (χ4n) is 6.38. The van der Waals surface area contributed by atoms with E-state index in [1.807, 2.05) is 12.2 Å². The molecule has 0 aromatic carbocycles. The average molecular weight is 529 g/mol. The Labute approximate surface area is 218 Å². The van der Waals surface area contributed by atoms with Gasteiger partial charge in [0.1, 0.15) is 35.9 Å². The minimum Gasteiger partial charge on any atom is -0.395 e. The molecule has 4 heterocycles. The summed E-state index contributed by atoms with van der Waals surface area (Å²) in [6, 6.07) is -1.12. The van der Waals surface area contributed by atoms with E-state index in [0.29, 0.717) is 37.8 Å². The van der Waals surface area contributed by atoms with Crippen LogP contribution in [-0.2, 0) is 14.3 Å². The van der Waals surface area contributed by atoms with Crippen LogP contribution in [0, 0.1) is 17.3 Å². The Morgan fingerprint density at radius 1 is 1.19 bits per heavy atom. The average Bonchev–Trinajstić information content (AvgIpc) is 3.06. The summed E-state index contributed by atoms with van der Waals surface area (Å²) >= 11 is 1.23. The van der Waals surface area contributed by atoms with Crippen LogP contribution in [0.2, 0.25) is 0 Å². The maximum Gasteiger partial charge on any atom is 0.240 e. The molecule has 206 valence electrons. The van der Waals surface area contributed by atoms with Gasteiger partial charge in [0, 0.05) is 23.8 Å². The molecule has 36 heavy (non-hydrogen) atoms. The lowest BCUT2D eigenvalue weighted by Gasteiger charge is -2.44. The number of carbonyl (C=O) groups is 1. The maximum absolute atomic E-state index is 13.6. The van der Waals surface area contributed by atoms with Crippen molar-refractivity contribution in [2.75, 3.05) is 19.8 Å². The van der Waals surface area contributed by atoms with Crippen molar-refractivity contribution >= 4 is 17.7 Å². The van der Waals surface area contributed by atoms with Crippen molar-refractivity contribution in [3.05, 3.63) is 12.2 Å². The first-order valence-electron chi connectivity index (χ1n) is 13.4. The third-order valence-electron chi connectivity index (χ3n) is 8.20. The quantitative estimate of drug-likeness (QED) is 0.282. The Morgan fingerprint density at radius 3 is 2.67 bits per heavy atom. The molecule has 10 heteroatoms. The number of thioether (sulfide) groups is 1. The van der Waals surface area contributed by atoms with E-state index in [0.717, 1.165) is 19.3 Å². The zero-order chi connectivity index (χ0) is 26.0. The van der Waals surface area contributed by atoms with Gasteiger partial charge in [-0.2, -0.15) is 0 Å². The molecule has 3 saturated heterocycles. The molecule has 9 nitrogen and oxygen atoms in total. The van der Waals surface area contributed by atoms with Crippen LogP contribution in [0.25, 0.3) is 0 Å². The van der Waals surface area contributed by atoms with Gasteiger partial charge in [-0.25, -0.2) is 0 Å². The predicted molar refractivity (Wildman–Crippen MR) is 137 cm³/mol. The smallest absolute Gasteiger partial charge is 0.240 e. The molecule has 4 aliphatic rings. The van der Waals surface area contributed by atoms with E-state index in [2.05, 4.69) is 31.4 Å². The molecule has 0 spiro atoms. The molecular weight excluding hydrogens is 484 g/mol. The van der Waals surface area contributed by atoms with E-state index in [1.54, 1.807) is 0 Å². The number of amides is 1. The van der Waals surface area contributed by atoms with Crippen LogP contribution in [0.1, 0.15) is 52.9 Å². The monoisotopic (exact) mass is 528 g/mol. The molecule has 1 amide bonds. The molecule has 4 aliphatic heterocycles. The number of aliphatic hydroxyl groups excluding tert-OH is 4. The van der Waals surface area contributed by atoms with Crippen LogP contribution in [0.15, 0.2) is 12.2 Å². The molecule has 0 aromatic rings. The van der Waals surface area contributed by atoms with Gasteiger partial charge in [-0.15, -0.1) is 11.8 Å². The number of allylic oxidation sites excluding steroid dienone is 1.